The second-order valence-electron chi connectivity index (χ2n) is 10.7. The van der Waals surface area contributed by atoms with Crippen molar-refractivity contribution < 1.29 is 45.7 Å². The molecule has 0 radical (unpaired) electrons. The van der Waals surface area contributed by atoms with E-state index in [0.29, 0.717) is 5.56 Å². The van der Waals surface area contributed by atoms with Crippen molar-refractivity contribution in [3.63, 3.8) is 0 Å². The molecule has 2 aromatic carbocycles. The maximum Gasteiger partial charge on any atom is 0.435 e. The van der Waals surface area contributed by atoms with Gasteiger partial charge >= 0.3 is 12.1 Å². The number of nitrogens with one attached hydrogen (secondary N) is 1. The number of amides is 1. The van der Waals surface area contributed by atoms with Crippen molar-refractivity contribution in [1.82, 2.24) is 19.5 Å². The van der Waals surface area contributed by atoms with Crippen LogP contribution in [0.15, 0.2) is 64.8 Å². The van der Waals surface area contributed by atoms with E-state index in [1.54, 1.807) is 45.0 Å². The Morgan fingerprint density at radius 3 is 2.26 bits per heavy atom. The van der Waals surface area contributed by atoms with Crippen LogP contribution in [0.4, 0.5) is 13.2 Å². The number of halogens is 3. The Labute approximate surface area is 264 Å². The molecule has 0 aliphatic carbocycles. The van der Waals surface area contributed by atoms with E-state index in [-0.39, 0.29) is 40.0 Å². The van der Waals surface area contributed by atoms with Crippen LogP contribution in [-0.4, -0.2) is 59.4 Å². The fourth-order valence-corrected chi connectivity index (χ4v) is 5.13. The number of esters is 1. The number of rotatable bonds is 13. The largest absolute Gasteiger partial charge is 0.569 e. The van der Waals surface area contributed by atoms with Crippen LogP contribution in [-0.2, 0) is 35.4 Å². The van der Waals surface area contributed by atoms with Crippen molar-refractivity contribution in [2.24, 2.45) is 11.2 Å². The molecule has 250 valence electrons. The van der Waals surface area contributed by atoms with E-state index < -0.39 is 46.1 Å². The summed E-state index contributed by atoms with van der Waals surface area (Å²) in [5.41, 5.74) is 0.493. The smallest absolute Gasteiger partial charge is 0.435 e. The van der Waals surface area contributed by atoms with Crippen molar-refractivity contribution in [1.29, 1.82) is 0 Å². The number of sulfonamides is 1. The third kappa shape index (κ3) is 9.18. The number of carbonyl (C=O) groups excluding carboxylic acids is 2. The first-order valence-corrected chi connectivity index (χ1v) is 15.6. The van der Waals surface area contributed by atoms with Gasteiger partial charge in [-0.2, -0.15) is 18.3 Å². The van der Waals surface area contributed by atoms with Gasteiger partial charge in [0.15, 0.2) is 11.7 Å². The maximum atomic E-state index is 13.6. The molecule has 17 heteroatoms. The molecule has 3 rings (SSSR count). The van der Waals surface area contributed by atoms with Crippen molar-refractivity contribution in [3.05, 3.63) is 71.1 Å². The molecular weight excluding hydrogens is 633 g/mol. The molecule has 1 unspecified atom stereocenters. The number of likely N-dealkylation sites (N-methyl/N-ethyl adjacent to an activating group) is 1. The maximum absolute atomic E-state index is 13.6. The Kier molecular flexibility index (Phi) is 11.4. The van der Waals surface area contributed by atoms with Crippen LogP contribution in [0, 0.1) is 18.0 Å². The quantitative estimate of drug-likeness (QED) is 0.0857. The standard InChI is InChI=1S/C29H35F3N6O7S/c1-7-27(39)44-20(5)45-35-38(41)36(6)25(16-18(2)3)28(40)34-46(42,43)23-14-12-22(13-15-23)37-24(17-26(33-37)29(30,31)32)21-10-8-19(4)9-11-21/h8-15,17-18,20,25H,7,16H2,1-6H3,(H,34,40)/b38-35-/t20?,25-/m0/s1. The average molecular weight is 669 g/mol. The number of aromatic nitrogens is 2. The molecule has 1 N–H and O–H groups in total. The molecule has 3 aromatic rings. The number of carbonyl (C=O) groups is 2. The summed E-state index contributed by atoms with van der Waals surface area (Å²) in [6.45, 7) is 8.22. The number of benzene rings is 2. The topological polar surface area (TPSA) is 158 Å². The minimum absolute atomic E-state index is 0.0358. The molecule has 0 bridgehead atoms. The number of hydrogen-bond donors (Lipinski definition) is 1. The van der Waals surface area contributed by atoms with Crippen LogP contribution in [0.2, 0.25) is 0 Å². The molecule has 1 heterocycles. The van der Waals surface area contributed by atoms with Crippen LogP contribution >= 0.6 is 0 Å². The van der Waals surface area contributed by atoms with Crippen LogP contribution in [0.5, 0.6) is 0 Å². The van der Waals surface area contributed by atoms with E-state index in [1.165, 1.54) is 26.1 Å². The van der Waals surface area contributed by atoms with E-state index >= 15 is 0 Å². The number of hydrogen-bond acceptors (Lipinski definition) is 9. The van der Waals surface area contributed by atoms with Gasteiger partial charge in [0.2, 0.25) is 5.28 Å². The zero-order valence-corrected chi connectivity index (χ0v) is 26.8. The minimum atomic E-state index is -4.73. The zero-order valence-electron chi connectivity index (χ0n) is 26.0. The van der Waals surface area contributed by atoms with Gasteiger partial charge in [-0.25, -0.2) is 17.8 Å². The molecule has 2 atom stereocenters. The van der Waals surface area contributed by atoms with Gasteiger partial charge in [0.25, 0.3) is 22.2 Å². The van der Waals surface area contributed by atoms with Gasteiger partial charge in [-0.15, -0.1) is 5.01 Å². The highest BCUT2D eigenvalue weighted by atomic mass is 32.2. The Morgan fingerprint density at radius 2 is 1.72 bits per heavy atom. The monoisotopic (exact) mass is 668 g/mol. The highest BCUT2D eigenvalue weighted by Crippen LogP contribution is 2.33. The van der Waals surface area contributed by atoms with Gasteiger partial charge in [0.1, 0.15) is 0 Å². The Bertz CT molecular complexity index is 1660. The molecule has 0 fully saturated rings. The molecular formula is C29H35F3N6O7S. The summed E-state index contributed by atoms with van der Waals surface area (Å²) in [6.07, 6.45) is -5.82. The fraction of sp³-hybridized carbons (Fsp3) is 0.414. The van der Waals surface area contributed by atoms with Gasteiger partial charge in [-0.3, -0.25) is 14.4 Å². The van der Waals surface area contributed by atoms with Crippen molar-refractivity contribution in [3.8, 4) is 16.9 Å². The summed E-state index contributed by atoms with van der Waals surface area (Å²) >= 11 is 0. The highest BCUT2D eigenvalue weighted by molar-refractivity contribution is 7.90. The van der Waals surface area contributed by atoms with Gasteiger partial charge in [-0.05, 0) is 49.6 Å². The number of nitrogens with zero attached hydrogens (tertiary/aromatic N) is 5. The lowest BCUT2D eigenvalue weighted by atomic mass is 10.0. The second kappa shape index (κ2) is 14.6. The predicted octanol–water partition coefficient (Wildman–Crippen LogP) is 5.13. The van der Waals surface area contributed by atoms with Crippen LogP contribution < -0.4 is 4.72 Å². The van der Waals surface area contributed by atoms with Crippen molar-refractivity contribution >= 4 is 21.9 Å². The summed E-state index contributed by atoms with van der Waals surface area (Å²) in [6, 6.07) is 11.1. The van der Waals surface area contributed by atoms with Crippen LogP contribution in [0.3, 0.4) is 0 Å². The Morgan fingerprint density at radius 1 is 1.11 bits per heavy atom. The van der Waals surface area contributed by atoms with E-state index in [0.717, 1.165) is 33.5 Å². The summed E-state index contributed by atoms with van der Waals surface area (Å²) in [7, 11) is -3.31. The normalized spacial score (nSPS) is 13.7. The van der Waals surface area contributed by atoms with E-state index in [1.807, 2.05) is 11.6 Å². The third-order valence-electron chi connectivity index (χ3n) is 6.54. The highest BCUT2D eigenvalue weighted by Gasteiger charge is 2.36. The molecule has 0 saturated heterocycles. The number of hydrazine groups is 1. The van der Waals surface area contributed by atoms with Gasteiger partial charge < -0.3 is 9.94 Å². The van der Waals surface area contributed by atoms with Crippen LogP contribution in [0.25, 0.3) is 16.9 Å². The molecule has 0 aliphatic heterocycles. The van der Waals surface area contributed by atoms with E-state index in [4.69, 9.17) is 9.57 Å². The third-order valence-corrected chi connectivity index (χ3v) is 7.91. The first-order chi connectivity index (χ1) is 21.4. The number of alkyl halides is 3. The molecule has 0 spiro atoms. The molecule has 1 amide bonds. The van der Waals surface area contributed by atoms with Crippen molar-refractivity contribution in [2.75, 3.05) is 7.05 Å². The first-order valence-electron chi connectivity index (χ1n) is 14.1. The summed E-state index contributed by atoms with van der Waals surface area (Å²) < 4.78 is 74.8. The van der Waals surface area contributed by atoms with Crippen LogP contribution in [0.1, 0.15) is 51.8 Å². The molecule has 13 nitrogen and oxygen atoms in total. The first kappa shape index (κ1) is 35.8. The summed E-state index contributed by atoms with van der Waals surface area (Å²) in [4.78, 5) is 29.0. The van der Waals surface area contributed by atoms with Gasteiger partial charge in [0.05, 0.1) is 28.3 Å². The zero-order chi connectivity index (χ0) is 34.4. The SMILES string of the molecule is CCC(=O)OC(C)O/N=[N+](\[O-])N(C)[C@@H](CC(C)C)C(=O)NS(=O)(=O)c1ccc(-n2nc(C(F)(F)F)cc2-c2ccc(C)cc2)cc1. The average Bonchev–Trinajstić information content (AvgIpc) is 3.44. The van der Waals surface area contributed by atoms with Gasteiger partial charge in [-0.1, -0.05) is 50.6 Å². The Hall–Kier alpha value is -4.67. The summed E-state index contributed by atoms with van der Waals surface area (Å²) in [5.74, 6) is -1.81. The lowest BCUT2D eigenvalue weighted by Crippen LogP contribution is -2.49. The molecule has 1 aromatic heterocycles. The minimum Gasteiger partial charge on any atom is -0.569 e. The number of ether oxygens (including phenoxy) is 1. The number of aryl methyl sites for hydroxylation is 1. The predicted molar refractivity (Wildman–Crippen MR) is 158 cm³/mol. The fourth-order valence-electron chi connectivity index (χ4n) is 4.12. The lowest BCUT2D eigenvalue weighted by molar-refractivity contribution is -0.712. The van der Waals surface area contributed by atoms with E-state index in [2.05, 4.69) is 10.4 Å². The molecule has 0 aliphatic rings. The molecule has 46 heavy (non-hydrogen) atoms. The van der Waals surface area contributed by atoms with E-state index in [9.17, 15) is 36.4 Å². The molecule has 0 saturated carbocycles. The summed E-state index contributed by atoms with van der Waals surface area (Å²) in [5, 5.41) is 20.4. The second-order valence-corrected chi connectivity index (χ2v) is 12.4. The van der Waals surface area contributed by atoms with Crippen molar-refractivity contribution in [2.45, 2.75) is 70.9 Å². The Balaban J connectivity index is 1.85. The van der Waals surface area contributed by atoms with Gasteiger partial charge in [0, 0.05) is 18.9 Å². The lowest BCUT2D eigenvalue weighted by Gasteiger charge is -2.24.